The number of H-pyrrole nitrogens is 1. The summed E-state index contributed by atoms with van der Waals surface area (Å²) in [7, 11) is 1.45. The fourth-order valence-corrected chi connectivity index (χ4v) is 2.70. The number of halogens is 1. The minimum atomic E-state index is -0.735. The quantitative estimate of drug-likeness (QED) is 0.722. The molecule has 2 N–H and O–H groups in total. The molecule has 0 aliphatic heterocycles. The molecule has 8 heteroatoms. The van der Waals surface area contributed by atoms with Gasteiger partial charge in [-0.3, -0.25) is 9.59 Å². The summed E-state index contributed by atoms with van der Waals surface area (Å²) in [5.41, 5.74) is 0.0496. The molecule has 27 heavy (non-hydrogen) atoms. The van der Waals surface area contributed by atoms with Crippen LogP contribution in [0.25, 0.3) is 5.69 Å². The number of nitrogens with zero attached hydrogens (tertiary/aromatic N) is 1. The normalized spacial score (nSPS) is 10.5. The number of benzene rings is 2. The minimum absolute atomic E-state index is 0.225. The number of carbonyl (C=O) groups is 1. The molecule has 1 aromatic heterocycles. The van der Waals surface area contributed by atoms with E-state index in [-0.39, 0.29) is 5.56 Å². The minimum Gasteiger partial charge on any atom is -0.495 e. The predicted octanol–water partition coefficient (Wildman–Crippen LogP) is 2.75. The second-order valence-corrected chi connectivity index (χ2v) is 6.22. The molecule has 2 aromatic carbocycles. The van der Waals surface area contributed by atoms with Gasteiger partial charge >= 0.3 is 5.69 Å². The maximum Gasteiger partial charge on any atom is 0.333 e. The van der Waals surface area contributed by atoms with Gasteiger partial charge in [0.05, 0.1) is 18.5 Å². The van der Waals surface area contributed by atoms with Crippen molar-refractivity contribution in [3.63, 3.8) is 0 Å². The Labute approximate surface area is 159 Å². The van der Waals surface area contributed by atoms with Crippen LogP contribution in [-0.2, 0) is 0 Å². The van der Waals surface area contributed by atoms with E-state index in [1.165, 1.54) is 13.2 Å². The van der Waals surface area contributed by atoms with Crippen molar-refractivity contribution in [2.45, 2.75) is 6.92 Å². The molecule has 3 aromatic rings. The van der Waals surface area contributed by atoms with Crippen molar-refractivity contribution in [3.8, 4) is 11.4 Å². The smallest absolute Gasteiger partial charge is 0.333 e. The van der Waals surface area contributed by atoms with Crippen molar-refractivity contribution >= 4 is 23.2 Å². The van der Waals surface area contributed by atoms with E-state index in [0.717, 1.165) is 16.3 Å². The third-order valence-electron chi connectivity index (χ3n) is 3.92. The van der Waals surface area contributed by atoms with E-state index < -0.39 is 17.2 Å². The van der Waals surface area contributed by atoms with E-state index in [9.17, 15) is 14.4 Å². The van der Waals surface area contributed by atoms with E-state index in [1.54, 1.807) is 36.4 Å². The maximum atomic E-state index is 12.8. The Morgan fingerprint density at radius 3 is 2.52 bits per heavy atom. The molecule has 0 aliphatic carbocycles. The molecule has 0 aliphatic rings. The van der Waals surface area contributed by atoms with E-state index in [0.29, 0.717) is 22.1 Å². The van der Waals surface area contributed by atoms with Gasteiger partial charge in [-0.05, 0) is 37.3 Å². The molecule has 0 spiro atoms. The SMILES string of the molecule is COc1ccc(Cl)cc1NC(=O)c1c[nH]c(=O)n(-c2ccc(C)cc2)c1=O. The Kier molecular flexibility index (Phi) is 5.14. The highest BCUT2D eigenvalue weighted by molar-refractivity contribution is 6.31. The van der Waals surface area contributed by atoms with Gasteiger partial charge < -0.3 is 15.0 Å². The first-order chi connectivity index (χ1) is 12.9. The number of ether oxygens (including phenoxy) is 1. The summed E-state index contributed by atoms with van der Waals surface area (Å²) >= 11 is 5.95. The number of hydrogen-bond donors (Lipinski definition) is 2. The Bertz CT molecular complexity index is 1120. The van der Waals surface area contributed by atoms with Crippen LogP contribution >= 0.6 is 11.6 Å². The van der Waals surface area contributed by atoms with Gasteiger partial charge in [0.2, 0.25) is 0 Å². The molecule has 1 heterocycles. The molecule has 138 valence electrons. The Morgan fingerprint density at radius 1 is 1.15 bits per heavy atom. The summed E-state index contributed by atoms with van der Waals surface area (Å²) in [6, 6.07) is 11.5. The number of nitrogens with one attached hydrogen (secondary N) is 2. The molecular weight excluding hydrogens is 370 g/mol. The van der Waals surface area contributed by atoms with Gasteiger partial charge in [-0.2, -0.15) is 0 Å². The van der Waals surface area contributed by atoms with Crippen molar-refractivity contribution in [3.05, 3.63) is 85.6 Å². The molecular formula is C19H16ClN3O4. The van der Waals surface area contributed by atoms with Gasteiger partial charge in [0.25, 0.3) is 11.5 Å². The number of rotatable bonds is 4. The van der Waals surface area contributed by atoms with Crippen LogP contribution in [0.15, 0.2) is 58.3 Å². The van der Waals surface area contributed by atoms with Crippen molar-refractivity contribution in [2.24, 2.45) is 0 Å². The van der Waals surface area contributed by atoms with Crippen LogP contribution in [0, 0.1) is 6.92 Å². The maximum absolute atomic E-state index is 12.8. The number of aryl methyl sites for hydroxylation is 1. The average Bonchev–Trinajstić information content (AvgIpc) is 2.63. The fraction of sp³-hybridized carbons (Fsp3) is 0.105. The summed E-state index contributed by atoms with van der Waals surface area (Å²) in [5, 5.41) is 2.98. The number of anilines is 1. The highest BCUT2D eigenvalue weighted by Gasteiger charge is 2.17. The van der Waals surface area contributed by atoms with Crippen LogP contribution in [-0.4, -0.2) is 22.6 Å². The van der Waals surface area contributed by atoms with E-state index in [1.807, 2.05) is 6.92 Å². The summed E-state index contributed by atoms with van der Waals surface area (Å²) in [6.07, 6.45) is 1.09. The number of methoxy groups -OCH3 is 1. The van der Waals surface area contributed by atoms with Gasteiger partial charge in [0.15, 0.2) is 0 Å². The lowest BCUT2D eigenvalue weighted by Crippen LogP contribution is -2.38. The van der Waals surface area contributed by atoms with Crippen molar-refractivity contribution < 1.29 is 9.53 Å². The van der Waals surface area contributed by atoms with Crippen molar-refractivity contribution in [1.29, 1.82) is 0 Å². The van der Waals surface area contributed by atoms with Crippen LogP contribution in [0.3, 0.4) is 0 Å². The largest absolute Gasteiger partial charge is 0.495 e. The molecule has 0 bridgehead atoms. The average molecular weight is 386 g/mol. The van der Waals surface area contributed by atoms with Gasteiger partial charge in [-0.1, -0.05) is 29.3 Å². The third kappa shape index (κ3) is 3.78. The standard InChI is InChI=1S/C19H16ClN3O4/c1-11-3-6-13(7-4-11)23-18(25)14(10-21-19(23)26)17(24)22-15-9-12(20)5-8-16(15)27-2/h3-10H,1-2H3,(H,21,26)(H,22,24). The molecule has 3 rings (SSSR count). The molecule has 1 amide bonds. The molecule has 0 unspecified atom stereocenters. The topological polar surface area (TPSA) is 93.2 Å². The Morgan fingerprint density at radius 2 is 1.85 bits per heavy atom. The van der Waals surface area contributed by atoms with Crippen LogP contribution in [0.2, 0.25) is 5.02 Å². The lowest BCUT2D eigenvalue weighted by atomic mass is 10.2. The predicted molar refractivity (Wildman–Crippen MR) is 103 cm³/mol. The number of aromatic amines is 1. The molecule has 0 fully saturated rings. The van der Waals surface area contributed by atoms with Gasteiger partial charge in [0, 0.05) is 11.2 Å². The molecule has 0 saturated carbocycles. The Balaban J connectivity index is 2.03. The van der Waals surface area contributed by atoms with Gasteiger partial charge in [-0.25, -0.2) is 9.36 Å². The zero-order valence-electron chi connectivity index (χ0n) is 14.6. The highest BCUT2D eigenvalue weighted by atomic mass is 35.5. The number of aromatic nitrogens is 2. The zero-order valence-corrected chi connectivity index (χ0v) is 15.3. The summed E-state index contributed by atoms with van der Waals surface area (Å²) in [5.74, 6) is -0.311. The molecule has 0 saturated heterocycles. The zero-order chi connectivity index (χ0) is 19.6. The number of amides is 1. The second-order valence-electron chi connectivity index (χ2n) is 5.78. The van der Waals surface area contributed by atoms with Crippen molar-refractivity contribution in [2.75, 3.05) is 12.4 Å². The lowest BCUT2D eigenvalue weighted by Gasteiger charge is -2.11. The van der Waals surface area contributed by atoms with Crippen LogP contribution in [0.5, 0.6) is 5.75 Å². The highest BCUT2D eigenvalue weighted by Crippen LogP contribution is 2.27. The van der Waals surface area contributed by atoms with Gasteiger partial charge in [0.1, 0.15) is 11.3 Å². The van der Waals surface area contributed by atoms with Crippen LogP contribution in [0.1, 0.15) is 15.9 Å². The molecule has 7 nitrogen and oxygen atoms in total. The summed E-state index contributed by atoms with van der Waals surface area (Å²) in [4.78, 5) is 39.9. The first-order valence-electron chi connectivity index (χ1n) is 7.97. The number of hydrogen-bond acceptors (Lipinski definition) is 4. The second kappa shape index (κ2) is 7.51. The van der Waals surface area contributed by atoms with Gasteiger partial charge in [-0.15, -0.1) is 0 Å². The van der Waals surface area contributed by atoms with E-state index in [4.69, 9.17) is 16.3 Å². The first-order valence-corrected chi connectivity index (χ1v) is 8.35. The first kappa shape index (κ1) is 18.5. The Hall–Kier alpha value is -3.32. The fourth-order valence-electron chi connectivity index (χ4n) is 2.53. The van der Waals surface area contributed by atoms with E-state index >= 15 is 0 Å². The lowest BCUT2D eigenvalue weighted by molar-refractivity contribution is 0.102. The van der Waals surface area contributed by atoms with Crippen molar-refractivity contribution in [1.82, 2.24) is 9.55 Å². The summed E-state index contributed by atoms with van der Waals surface area (Å²) in [6.45, 7) is 1.89. The summed E-state index contributed by atoms with van der Waals surface area (Å²) < 4.78 is 6.08. The third-order valence-corrected chi connectivity index (χ3v) is 4.16. The van der Waals surface area contributed by atoms with Crippen LogP contribution in [0.4, 0.5) is 5.69 Å². The monoisotopic (exact) mass is 385 g/mol. The van der Waals surface area contributed by atoms with Crippen LogP contribution < -0.4 is 21.3 Å². The molecule has 0 atom stereocenters. The number of carbonyl (C=O) groups excluding carboxylic acids is 1. The molecule has 0 radical (unpaired) electrons. The van der Waals surface area contributed by atoms with E-state index in [2.05, 4.69) is 10.3 Å².